The van der Waals surface area contributed by atoms with Gasteiger partial charge in [-0.3, -0.25) is 4.79 Å². The van der Waals surface area contributed by atoms with Gasteiger partial charge in [-0.1, -0.05) is 35.9 Å². The number of amides is 1. The quantitative estimate of drug-likeness (QED) is 0.576. The predicted molar refractivity (Wildman–Crippen MR) is 113 cm³/mol. The van der Waals surface area contributed by atoms with Gasteiger partial charge in [-0.15, -0.1) is 11.3 Å². The molecule has 0 bridgehead atoms. The van der Waals surface area contributed by atoms with Crippen LogP contribution in [0.5, 0.6) is 5.75 Å². The molecule has 1 aliphatic carbocycles. The summed E-state index contributed by atoms with van der Waals surface area (Å²) < 4.78 is 5.22. The molecule has 0 saturated heterocycles. The highest BCUT2D eigenvalue weighted by Gasteiger charge is 2.34. The third-order valence-electron chi connectivity index (χ3n) is 5.10. The Labute approximate surface area is 169 Å². The van der Waals surface area contributed by atoms with Crippen LogP contribution in [0.4, 0.5) is 0 Å². The van der Waals surface area contributed by atoms with Crippen LogP contribution < -0.4 is 4.74 Å². The topological polar surface area (TPSA) is 42.4 Å². The van der Waals surface area contributed by atoms with Crippen LogP contribution in [-0.4, -0.2) is 28.9 Å². The molecule has 0 atom stereocenters. The molecule has 144 valence electrons. The lowest BCUT2D eigenvalue weighted by molar-refractivity contribution is 0.0725. The maximum Gasteiger partial charge on any atom is 0.273 e. The van der Waals surface area contributed by atoms with Crippen LogP contribution in [-0.2, 0) is 6.54 Å². The van der Waals surface area contributed by atoms with Gasteiger partial charge in [-0.05, 0) is 49.9 Å². The number of ether oxygens (including phenoxy) is 1. The number of nitrogens with zero attached hydrogens (tertiary/aromatic N) is 2. The number of thiazole rings is 1. The second kappa shape index (κ2) is 7.76. The smallest absolute Gasteiger partial charge is 0.273 e. The van der Waals surface area contributed by atoms with Gasteiger partial charge in [0.25, 0.3) is 5.91 Å². The van der Waals surface area contributed by atoms with Crippen molar-refractivity contribution >= 4 is 17.2 Å². The molecule has 0 N–H and O–H groups in total. The molecule has 2 aromatic carbocycles. The van der Waals surface area contributed by atoms with Crippen LogP contribution in [0.1, 0.15) is 40.0 Å². The van der Waals surface area contributed by atoms with Crippen molar-refractivity contribution < 1.29 is 9.53 Å². The molecular weight excluding hydrogens is 368 g/mol. The summed E-state index contributed by atoms with van der Waals surface area (Å²) in [7, 11) is 1.66. The van der Waals surface area contributed by atoms with Crippen molar-refractivity contribution in [2.24, 2.45) is 0 Å². The van der Waals surface area contributed by atoms with Gasteiger partial charge in [-0.25, -0.2) is 4.98 Å². The summed E-state index contributed by atoms with van der Waals surface area (Å²) in [4.78, 5) is 19.8. The lowest BCUT2D eigenvalue weighted by Crippen LogP contribution is -2.32. The zero-order valence-corrected chi connectivity index (χ0v) is 17.3. The summed E-state index contributed by atoms with van der Waals surface area (Å²) in [6.45, 7) is 4.77. The molecule has 4 rings (SSSR count). The third-order valence-corrected chi connectivity index (χ3v) is 5.97. The first-order valence-electron chi connectivity index (χ1n) is 9.52. The van der Waals surface area contributed by atoms with Crippen molar-refractivity contribution in [2.75, 3.05) is 7.11 Å². The Kier molecular flexibility index (Phi) is 5.18. The van der Waals surface area contributed by atoms with Gasteiger partial charge in [0, 0.05) is 23.5 Å². The van der Waals surface area contributed by atoms with Crippen LogP contribution in [0.2, 0.25) is 0 Å². The molecule has 1 aromatic heterocycles. The summed E-state index contributed by atoms with van der Waals surface area (Å²) in [6.07, 6.45) is 2.13. The van der Waals surface area contributed by atoms with Gasteiger partial charge in [0.1, 0.15) is 16.5 Å². The fraction of sp³-hybridized carbons (Fsp3) is 0.304. The number of benzene rings is 2. The Bertz CT molecular complexity index is 990. The van der Waals surface area contributed by atoms with E-state index in [1.165, 1.54) is 22.5 Å². The van der Waals surface area contributed by atoms with Crippen molar-refractivity contribution in [2.45, 2.75) is 39.3 Å². The van der Waals surface area contributed by atoms with Crippen molar-refractivity contribution in [3.63, 3.8) is 0 Å². The summed E-state index contributed by atoms with van der Waals surface area (Å²) >= 11 is 1.54. The van der Waals surface area contributed by atoms with E-state index in [4.69, 9.17) is 4.74 Å². The molecule has 1 aliphatic rings. The van der Waals surface area contributed by atoms with Gasteiger partial charge in [0.05, 0.1) is 7.11 Å². The highest BCUT2D eigenvalue weighted by atomic mass is 32.1. The number of rotatable bonds is 6. The monoisotopic (exact) mass is 392 g/mol. The lowest BCUT2D eigenvalue weighted by Gasteiger charge is -2.21. The third kappa shape index (κ3) is 3.94. The maximum absolute atomic E-state index is 13.2. The van der Waals surface area contributed by atoms with E-state index in [1.807, 2.05) is 34.5 Å². The van der Waals surface area contributed by atoms with Crippen LogP contribution in [0, 0.1) is 13.8 Å². The number of hydrogen-bond acceptors (Lipinski definition) is 4. The molecule has 0 spiro atoms. The lowest BCUT2D eigenvalue weighted by atomic mass is 10.1. The van der Waals surface area contributed by atoms with Crippen molar-refractivity contribution in [3.8, 4) is 16.3 Å². The standard InChI is InChI=1S/C23H24N2O2S/c1-15-4-11-20(16(2)12-15)22-24-21(14-28-22)23(26)25(18-7-8-18)13-17-5-9-19(27-3)10-6-17/h4-6,9-12,14,18H,7-8,13H2,1-3H3. The minimum atomic E-state index is 0.0191. The average molecular weight is 393 g/mol. The fourth-order valence-corrected chi connectivity index (χ4v) is 4.26. The van der Waals surface area contributed by atoms with Crippen LogP contribution in [0.25, 0.3) is 10.6 Å². The van der Waals surface area contributed by atoms with Gasteiger partial charge in [0.15, 0.2) is 0 Å². The molecular formula is C23H24N2O2S. The molecule has 3 aromatic rings. The fourth-order valence-electron chi connectivity index (χ4n) is 3.38. The molecule has 0 radical (unpaired) electrons. The number of methoxy groups -OCH3 is 1. The number of aromatic nitrogens is 1. The summed E-state index contributed by atoms with van der Waals surface area (Å²) in [5.74, 6) is 0.844. The van der Waals surface area contributed by atoms with Gasteiger partial charge in [0.2, 0.25) is 0 Å². The van der Waals surface area contributed by atoms with Crippen LogP contribution >= 0.6 is 11.3 Å². The van der Waals surface area contributed by atoms with E-state index in [9.17, 15) is 4.79 Å². The van der Waals surface area contributed by atoms with E-state index in [-0.39, 0.29) is 5.91 Å². The van der Waals surface area contributed by atoms with Crippen molar-refractivity contribution in [1.82, 2.24) is 9.88 Å². The first kappa shape index (κ1) is 18.7. The summed E-state index contributed by atoms with van der Waals surface area (Å²) in [5.41, 5.74) is 5.16. The largest absolute Gasteiger partial charge is 0.497 e. The zero-order chi connectivity index (χ0) is 19.7. The van der Waals surface area contributed by atoms with Crippen molar-refractivity contribution in [1.29, 1.82) is 0 Å². The van der Waals surface area contributed by atoms with E-state index >= 15 is 0 Å². The minimum Gasteiger partial charge on any atom is -0.497 e. The van der Waals surface area contributed by atoms with E-state index < -0.39 is 0 Å². The van der Waals surface area contributed by atoms with E-state index in [0.29, 0.717) is 18.3 Å². The van der Waals surface area contributed by atoms with Gasteiger partial charge >= 0.3 is 0 Å². The summed E-state index contributed by atoms with van der Waals surface area (Å²) in [5, 5.41) is 2.79. The van der Waals surface area contributed by atoms with E-state index in [2.05, 4.69) is 37.0 Å². The second-order valence-corrected chi connectivity index (χ2v) is 8.23. The molecule has 0 aliphatic heterocycles. The predicted octanol–water partition coefficient (Wildman–Crippen LogP) is 5.24. The first-order chi connectivity index (χ1) is 13.5. The maximum atomic E-state index is 13.2. The molecule has 0 unspecified atom stereocenters. The number of hydrogen-bond donors (Lipinski definition) is 0. The zero-order valence-electron chi connectivity index (χ0n) is 16.4. The molecule has 1 heterocycles. The number of carbonyl (C=O) groups excluding carboxylic acids is 1. The number of carbonyl (C=O) groups is 1. The van der Waals surface area contributed by atoms with Crippen molar-refractivity contribution in [3.05, 3.63) is 70.2 Å². The highest BCUT2D eigenvalue weighted by Crippen LogP contribution is 2.32. The Morgan fingerprint density at radius 1 is 1.18 bits per heavy atom. The highest BCUT2D eigenvalue weighted by molar-refractivity contribution is 7.13. The van der Waals surface area contributed by atoms with Crippen LogP contribution in [0.3, 0.4) is 0 Å². The molecule has 1 saturated carbocycles. The minimum absolute atomic E-state index is 0.0191. The first-order valence-corrected chi connectivity index (χ1v) is 10.4. The molecule has 1 amide bonds. The Morgan fingerprint density at radius 3 is 2.57 bits per heavy atom. The second-order valence-electron chi connectivity index (χ2n) is 7.37. The SMILES string of the molecule is COc1ccc(CN(C(=O)c2csc(-c3ccc(C)cc3C)n2)C2CC2)cc1. The normalized spacial score (nSPS) is 13.4. The molecule has 4 nitrogen and oxygen atoms in total. The summed E-state index contributed by atoms with van der Waals surface area (Å²) in [6, 6.07) is 14.6. The Hall–Kier alpha value is -2.66. The molecule has 1 fully saturated rings. The molecule has 28 heavy (non-hydrogen) atoms. The average Bonchev–Trinajstić information content (AvgIpc) is 3.42. The van der Waals surface area contributed by atoms with Crippen LogP contribution in [0.15, 0.2) is 47.8 Å². The number of aryl methyl sites for hydroxylation is 2. The molecule has 5 heteroatoms. The Balaban J connectivity index is 1.55. The van der Waals surface area contributed by atoms with Gasteiger partial charge < -0.3 is 9.64 Å². The van der Waals surface area contributed by atoms with E-state index in [0.717, 1.165) is 34.7 Å². The van der Waals surface area contributed by atoms with E-state index in [1.54, 1.807) is 7.11 Å². The van der Waals surface area contributed by atoms with Gasteiger partial charge in [-0.2, -0.15) is 0 Å². The Morgan fingerprint density at radius 2 is 1.93 bits per heavy atom.